The number of hydrogen-bond acceptors (Lipinski definition) is 4. The molecule has 2 rings (SSSR count). The molecule has 78 valence electrons. The van der Waals surface area contributed by atoms with Gasteiger partial charge in [-0.1, -0.05) is 0 Å². The Bertz CT molecular complexity index is 364. The number of rotatable bonds is 4. The minimum Gasteiger partial charge on any atom is -0.391 e. The molecule has 15 heavy (non-hydrogen) atoms. The minimum atomic E-state index is -0.263. The van der Waals surface area contributed by atoms with Crippen LogP contribution < -0.4 is 5.32 Å². The number of nitrogens with one attached hydrogen (secondary N) is 1. The summed E-state index contributed by atoms with van der Waals surface area (Å²) in [4.78, 5) is 3.93. The third kappa shape index (κ3) is 2.67. The maximum Gasteiger partial charge on any atom is 0.140 e. The molecule has 1 heterocycles. The van der Waals surface area contributed by atoms with E-state index in [1.165, 1.54) is 0 Å². The van der Waals surface area contributed by atoms with Crippen LogP contribution >= 0.6 is 0 Å². The second-order valence-corrected chi connectivity index (χ2v) is 3.83. The molecule has 0 amide bonds. The van der Waals surface area contributed by atoms with E-state index in [2.05, 4.69) is 10.3 Å². The first kappa shape index (κ1) is 9.94. The monoisotopic (exact) mass is 203 g/mol. The number of aliphatic hydroxyl groups is 1. The predicted molar refractivity (Wildman–Crippen MR) is 56.2 cm³/mol. The van der Waals surface area contributed by atoms with Gasteiger partial charge in [0.1, 0.15) is 11.8 Å². The van der Waals surface area contributed by atoms with E-state index in [4.69, 9.17) is 5.26 Å². The lowest BCUT2D eigenvalue weighted by molar-refractivity contribution is 0.164. The summed E-state index contributed by atoms with van der Waals surface area (Å²) in [7, 11) is 0. The molecular formula is C11H13N3O. The van der Waals surface area contributed by atoms with Crippen LogP contribution in [0.3, 0.4) is 0 Å². The van der Waals surface area contributed by atoms with Crippen LogP contribution in [0.5, 0.6) is 0 Å². The van der Waals surface area contributed by atoms with Crippen molar-refractivity contribution in [1.29, 1.82) is 5.26 Å². The van der Waals surface area contributed by atoms with Crippen LogP contribution in [0.2, 0.25) is 0 Å². The first-order valence-electron chi connectivity index (χ1n) is 5.07. The maximum atomic E-state index is 9.62. The number of nitrogens with zero attached hydrogens (tertiary/aromatic N) is 2. The Morgan fingerprint density at radius 3 is 2.93 bits per heavy atom. The first-order valence-corrected chi connectivity index (χ1v) is 5.07. The van der Waals surface area contributed by atoms with Crippen LogP contribution in [-0.2, 0) is 0 Å². The van der Waals surface area contributed by atoms with Gasteiger partial charge in [0.05, 0.1) is 18.0 Å². The Morgan fingerprint density at radius 1 is 1.60 bits per heavy atom. The smallest absolute Gasteiger partial charge is 0.140 e. The lowest BCUT2D eigenvalue weighted by atomic mass is 10.2. The SMILES string of the molecule is N#Cc1ccc(NCC(O)C2CC2)cn1. The van der Waals surface area contributed by atoms with Crippen LogP contribution in [0.4, 0.5) is 5.69 Å². The van der Waals surface area contributed by atoms with Gasteiger partial charge in [-0.05, 0) is 30.9 Å². The zero-order chi connectivity index (χ0) is 10.7. The molecule has 1 atom stereocenters. The fourth-order valence-corrected chi connectivity index (χ4v) is 1.43. The Morgan fingerprint density at radius 2 is 2.40 bits per heavy atom. The molecule has 4 nitrogen and oxygen atoms in total. The van der Waals surface area contributed by atoms with Crippen molar-refractivity contribution >= 4 is 5.69 Å². The normalized spacial score (nSPS) is 16.8. The summed E-state index contributed by atoms with van der Waals surface area (Å²) in [6.07, 6.45) is 3.61. The Hall–Kier alpha value is -1.60. The zero-order valence-corrected chi connectivity index (χ0v) is 8.35. The second kappa shape index (κ2) is 4.28. The van der Waals surface area contributed by atoms with Crippen molar-refractivity contribution in [1.82, 2.24) is 4.98 Å². The van der Waals surface area contributed by atoms with Crippen LogP contribution in [0.1, 0.15) is 18.5 Å². The van der Waals surface area contributed by atoms with Crippen molar-refractivity contribution in [2.45, 2.75) is 18.9 Å². The lowest BCUT2D eigenvalue weighted by Crippen LogP contribution is -2.21. The molecule has 0 bridgehead atoms. The van der Waals surface area contributed by atoms with Gasteiger partial charge in [0.2, 0.25) is 0 Å². The molecule has 1 fully saturated rings. The number of hydrogen-bond donors (Lipinski definition) is 2. The summed E-state index contributed by atoms with van der Waals surface area (Å²) in [6, 6.07) is 5.41. The van der Waals surface area contributed by atoms with E-state index < -0.39 is 0 Å². The molecule has 1 unspecified atom stereocenters. The molecule has 0 saturated heterocycles. The van der Waals surface area contributed by atoms with Crippen molar-refractivity contribution in [3.63, 3.8) is 0 Å². The van der Waals surface area contributed by atoms with Gasteiger partial charge in [0.25, 0.3) is 0 Å². The molecule has 0 spiro atoms. The van der Waals surface area contributed by atoms with Gasteiger partial charge in [-0.15, -0.1) is 0 Å². The van der Waals surface area contributed by atoms with Crippen molar-refractivity contribution in [2.75, 3.05) is 11.9 Å². The van der Waals surface area contributed by atoms with E-state index in [0.29, 0.717) is 18.2 Å². The molecule has 1 aromatic heterocycles. The van der Waals surface area contributed by atoms with E-state index in [1.807, 2.05) is 6.07 Å². The van der Waals surface area contributed by atoms with Gasteiger partial charge in [-0.2, -0.15) is 5.26 Å². The van der Waals surface area contributed by atoms with Crippen molar-refractivity contribution in [3.05, 3.63) is 24.0 Å². The van der Waals surface area contributed by atoms with E-state index in [0.717, 1.165) is 18.5 Å². The van der Waals surface area contributed by atoms with E-state index in [9.17, 15) is 5.11 Å². The standard InChI is InChI=1S/C11H13N3O/c12-5-9-3-4-10(6-13-9)14-7-11(15)8-1-2-8/h3-4,6,8,11,14-15H,1-2,7H2. The number of anilines is 1. The van der Waals surface area contributed by atoms with Crippen molar-refractivity contribution in [2.24, 2.45) is 5.92 Å². The molecule has 1 saturated carbocycles. The number of aliphatic hydroxyl groups excluding tert-OH is 1. The topological polar surface area (TPSA) is 68.9 Å². The van der Waals surface area contributed by atoms with Gasteiger partial charge in [-0.25, -0.2) is 4.98 Å². The van der Waals surface area contributed by atoms with E-state index in [-0.39, 0.29) is 6.10 Å². The van der Waals surface area contributed by atoms with Crippen LogP contribution in [-0.4, -0.2) is 22.7 Å². The Kier molecular flexibility index (Phi) is 2.84. The third-order valence-corrected chi connectivity index (χ3v) is 2.56. The van der Waals surface area contributed by atoms with Crippen LogP contribution in [0.15, 0.2) is 18.3 Å². The van der Waals surface area contributed by atoms with Gasteiger partial charge in [0, 0.05) is 6.54 Å². The summed E-state index contributed by atoms with van der Waals surface area (Å²) in [5.41, 5.74) is 1.25. The molecule has 1 aromatic rings. The van der Waals surface area contributed by atoms with Gasteiger partial charge in [0.15, 0.2) is 0 Å². The van der Waals surface area contributed by atoms with Gasteiger partial charge < -0.3 is 10.4 Å². The molecular weight excluding hydrogens is 190 g/mol. The van der Waals surface area contributed by atoms with E-state index >= 15 is 0 Å². The first-order chi connectivity index (χ1) is 7.29. The van der Waals surface area contributed by atoms with Crippen molar-refractivity contribution in [3.8, 4) is 6.07 Å². The molecule has 1 aliphatic rings. The molecule has 4 heteroatoms. The summed E-state index contributed by atoms with van der Waals surface area (Å²) in [5, 5.41) is 21.3. The third-order valence-electron chi connectivity index (χ3n) is 2.56. The Labute approximate surface area is 88.6 Å². The fourth-order valence-electron chi connectivity index (χ4n) is 1.43. The summed E-state index contributed by atoms with van der Waals surface area (Å²) >= 11 is 0. The highest BCUT2D eigenvalue weighted by molar-refractivity contribution is 5.42. The highest BCUT2D eigenvalue weighted by Crippen LogP contribution is 2.32. The summed E-state index contributed by atoms with van der Waals surface area (Å²) in [6.45, 7) is 0.554. The molecule has 0 aromatic carbocycles. The van der Waals surface area contributed by atoms with Crippen LogP contribution in [0.25, 0.3) is 0 Å². The highest BCUT2D eigenvalue weighted by Gasteiger charge is 2.29. The number of pyridine rings is 1. The van der Waals surface area contributed by atoms with Crippen molar-refractivity contribution < 1.29 is 5.11 Å². The summed E-state index contributed by atoms with van der Waals surface area (Å²) in [5.74, 6) is 0.476. The zero-order valence-electron chi connectivity index (χ0n) is 8.35. The molecule has 0 radical (unpaired) electrons. The quantitative estimate of drug-likeness (QED) is 0.769. The fraction of sp³-hybridized carbons (Fsp3) is 0.455. The second-order valence-electron chi connectivity index (χ2n) is 3.83. The maximum absolute atomic E-state index is 9.62. The average Bonchev–Trinajstić information content (AvgIpc) is 3.10. The van der Waals surface area contributed by atoms with Gasteiger partial charge >= 0.3 is 0 Å². The van der Waals surface area contributed by atoms with E-state index in [1.54, 1.807) is 18.3 Å². The largest absolute Gasteiger partial charge is 0.391 e. The molecule has 1 aliphatic carbocycles. The number of nitriles is 1. The Balaban J connectivity index is 1.85. The molecule has 0 aliphatic heterocycles. The van der Waals surface area contributed by atoms with Gasteiger partial charge in [-0.3, -0.25) is 0 Å². The number of aromatic nitrogens is 1. The minimum absolute atomic E-state index is 0.263. The highest BCUT2D eigenvalue weighted by atomic mass is 16.3. The molecule has 2 N–H and O–H groups in total. The van der Waals surface area contributed by atoms with Crippen LogP contribution in [0, 0.1) is 17.2 Å². The lowest BCUT2D eigenvalue weighted by Gasteiger charge is -2.11. The summed E-state index contributed by atoms with van der Waals surface area (Å²) < 4.78 is 0. The predicted octanol–water partition coefficient (Wildman–Crippen LogP) is 1.14. The average molecular weight is 203 g/mol.